The number of rotatable bonds is 14. The molecule has 0 saturated heterocycles. The van der Waals surface area contributed by atoms with Crippen LogP contribution in [0, 0.1) is 0 Å². The van der Waals surface area contributed by atoms with Crippen LogP contribution in [0.3, 0.4) is 0 Å². The number of benzene rings is 3. The number of anilines is 1. The van der Waals surface area contributed by atoms with Crippen LogP contribution < -0.4 is 14.4 Å². The van der Waals surface area contributed by atoms with Gasteiger partial charge in [-0.25, -0.2) is 8.42 Å². The van der Waals surface area contributed by atoms with E-state index in [0.717, 1.165) is 4.31 Å². The van der Waals surface area contributed by atoms with Crippen molar-refractivity contribution in [2.75, 3.05) is 17.5 Å². The number of halogens is 3. The van der Waals surface area contributed by atoms with Crippen molar-refractivity contribution in [3.63, 3.8) is 0 Å². The summed E-state index contributed by atoms with van der Waals surface area (Å²) in [5.74, 6) is -0.389. The second-order valence-electron chi connectivity index (χ2n) is 9.89. The molecule has 12 heteroatoms. The lowest BCUT2D eigenvalue weighted by atomic mass is 10.1. The zero-order valence-corrected chi connectivity index (χ0v) is 27.6. The third-order valence-electron chi connectivity index (χ3n) is 6.86. The highest BCUT2D eigenvalue weighted by Crippen LogP contribution is 2.28. The molecule has 232 valence electrons. The molecule has 0 heterocycles. The molecule has 2 amide bonds. The van der Waals surface area contributed by atoms with Crippen LogP contribution in [0.1, 0.15) is 46.1 Å². The molecule has 0 fully saturated rings. The van der Waals surface area contributed by atoms with Gasteiger partial charge in [0.15, 0.2) is 0 Å². The molecule has 0 radical (unpaired) electrons. The van der Waals surface area contributed by atoms with Gasteiger partial charge in [-0.2, -0.15) is 0 Å². The van der Waals surface area contributed by atoms with Crippen molar-refractivity contribution in [1.82, 2.24) is 10.2 Å². The molecular weight excluding hydrogens is 633 g/mol. The molecule has 0 unspecified atom stereocenters. The average Bonchev–Trinajstić information content (AvgIpc) is 2.97. The molecule has 3 aromatic rings. The minimum Gasteiger partial charge on any atom is -0.494 e. The number of hydrogen-bond acceptors (Lipinski definition) is 5. The van der Waals surface area contributed by atoms with E-state index >= 15 is 0 Å². The largest absolute Gasteiger partial charge is 0.494 e. The average molecular weight is 669 g/mol. The predicted molar refractivity (Wildman–Crippen MR) is 173 cm³/mol. The summed E-state index contributed by atoms with van der Waals surface area (Å²) in [5, 5.41) is 4.05. The Morgan fingerprint density at radius 3 is 2.07 bits per heavy atom. The summed E-state index contributed by atoms with van der Waals surface area (Å²) in [5.41, 5.74) is 0.802. The van der Waals surface area contributed by atoms with Gasteiger partial charge >= 0.3 is 0 Å². The van der Waals surface area contributed by atoms with Crippen molar-refractivity contribution in [1.29, 1.82) is 0 Å². The molecule has 0 aliphatic heterocycles. The van der Waals surface area contributed by atoms with Crippen molar-refractivity contribution in [3.8, 4) is 5.75 Å². The molecule has 1 N–H and O–H groups in total. The molecule has 8 nitrogen and oxygen atoms in total. The molecule has 43 heavy (non-hydrogen) atoms. The zero-order valence-electron chi connectivity index (χ0n) is 24.5. The maximum atomic E-state index is 14.2. The lowest BCUT2D eigenvalue weighted by Crippen LogP contribution is -2.53. The molecule has 0 saturated carbocycles. The monoisotopic (exact) mass is 667 g/mol. The van der Waals surface area contributed by atoms with Crippen LogP contribution in [0.2, 0.25) is 15.1 Å². The lowest BCUT2D eigenvalue weighted by molar-refractivity contribution is -0.140. The quantitative estimate of drug-likeness (QED) is 0.200. The highest BCUT2D eigenvalue weighted by Gasteiger charge is 2.34. The molecule has 0 aliphatic rings. The zero-order chi connectivity index (χ0) is 31.7. The smallest absolute Gasteiger partial charge is 0.264 e. The third kappa shape index (κ3) is 9.01. The second-order valence-corrected chi connectivity index (χ2v) is 13.0. The van der Waals surface area contributed by atoms with Crippen LogP contribution in [0.4, 0.5) is 5.69 Å². The van der Waals surface area contributed by atoms with E-state index in [-0.39, 0.29) is 35.5 Å². The molecule has 0 aliphatic carbocycles. The van der Waals surface area contributed by atoms with Gasteiger partial charge in [0.1, 0.15) is 18.3 Å². The number of nitrogens with zero attached hydrogens (tertiary/aromatic N) is 2. The molecule has 3 rings (SSSR count). The summed E-state index contributed by atoms with van der Waals surface area (Å²) in [4.78, 5) is 28.9. The van der Waals surface area contributed by atoms with Gasteiger partial charge in [-0.1, -0.05) is 54.7 Å². The Hall–Kier alpha value is -2.98. The van der Waals surface area contributed by atoms with Crippen LogP contribution in [0.5, 0.6) is 5.75 Å². The molecule has 3 aromatic carbocycles. The molecule has 2 atom stereocenters. The molecule has 0 bridgehead atoms. The first-order chi connectivity index (χ1) is 20.4. The van der Waals surface area contributed by atoms with E-state index < -0.39 is 28.5 Å². The highest BCUT2D eigenvalue weighted by atomic mass is 35.5. The van der Waals surface area contributed by atoms with Crippen molar-refractivity contribution < 1.29 is 22.7 Å². The van der Waals surface area contributed by atoms with Crippen LogP contribution in [-0.2, 0) is 26.2 Å². The van der Waals surface area contributed by atoms with Gasteiger partial charge in [0, 0.05) is 27.7 Å². The first-order valence-electron chi connectivity index (χ1n) is 14.0. The number of hydrogen-bond donors (Lipinski definition) is 1. The molecule has 0 spiro atoms. The van der Waals surface area contributed by atoms with E-state index in [1.165, 1.54) is 29.2 Å². The van der Waals surface area contributed by atoms with Gasteiger partial charge in [-0.05, 0) is 92.9 Å². The number of carbonyl (C=O) groups excluding carboxylic acids is 2. The fraction of sp³-hybridized carbons (Fsp3) is 0.355. The summed E-state index contributed by atoms with van der Waals surface area (Å²) in [7, 11) is -4.24. The lowest BCUT2D eigenvalue weighted by Gasteiger charge is -2.34. The maximum Gasteiger partial charge on any atom is 0.264 e. The Bertz CT molecular complexity index is 1500. The van der Waals surface area contributed by atoms with Gasteiger partial charge in [0.25, 0.3) is 10.0 Å². The van der Waals surface area contributed by atoms with Crippen molar-refractivity contribution in [2.24, 2.45) is 0 Å². The van der Waals surface area contributed by atoms with Gasteiger partial charge in [-0.3, -0.25) is 13.9 Å². The minimum atomic E-state index is -4.24. The van der Waals surface area contributed by atoms with Gasteiger partial charge in [-0.15, -0.1) is 0 Å². The molecule has 0 aromatic heterocycles. The van der Waals surface area contributed by atoms with Crippen molar-refractivity contribution >= 4 is 62.3 Å². The van der Waals surface area contributed by atoms with Crippen LogP contribution in [0.25, 0.3) is 0 Å². The predicted octanol–water partition coefficient (Wildman–Crippen LogP) is 6.96. The summed E-state index contributed by atoms with van der Waals surface area (Å²) in [6.07, 6.45) is 0.982. The maximum absolute atomic E-state index is 14.2. The Morgan fingerprint density at radius 1 is 0.884 bits per heavy atom. The van der Waals surface area contributed by atoms with E-state index in [1.54, 1.807) is 49.4 Å². The number of nitrogens with one attached hydrogen (secondary N) is 1. The van der Waals surface area contributed by atoms with Gasteiger partial charge in [0.2, 0.25) is 11.8 Å². The topological polar surface area (TPSA) is 96.0 Å². The minimum absolute atomic E-state index is 0.0423. The van der Waals surface area contributed by atoms with Crippen LogP contribution in [0.15, 0.2) is 71.6 Å². The Kier molecular flexibility index (Phi) is 12.6. The number of amides is 2. The number of sulfonamides is 1. The first kappa shape index (κ1) is 34.5. The summed E-state index contributed by atoms with van der Waals surface area (Å²) >= 11 is 18.6. The number of ether oxygens (including phenoxy) is 1. The van der Waals surface area contributed by atoms with Gasteiger partial charge < -0.3 is 15.0 Å². The summed E-state index contributed by atoms with van der Waals surface area (Å²) in [6.45, 7) is 7.25. The summed E-state index contributed by atoms with van der Waals surface area (Å²) < 4.78 is 34.5. The number of carbonyl (C=O) groups is 2. The van der Waals surface area contributed by atoms with Gasteiger partial charge in [0.05, 0.1) is 17.2 Å². The first-order valence-corrected chi connectivity index (χ1v) is 16.5. The molecular formula is C31H36Cl3N3O5S. The van der Waals surface area contributed by atoms with E-state index in [1.807, 2.05) is 20.8 Å². The Morgan fingerprint density at radius 2 is 1.51 bits per heavy atom. The van der Waals surface area contributed by atoms with E-state index in [2.05, 4.69) is 5.32 Å². The van der Waals surface area contributed by atoms with E-state index in [9.17, 15) is 18.0 Å². The second kappa shape index (κ2) is 15.7. The standard InChI is InChI=1S/C31H36Cl3N3O5S/c1-5-21(4)35-31(39)29(6-2)36(19-22-8-9-24(33)18-28(22)34)30(38)20-37(25-12-14-26(15-13-25)42-7-3)43(40,41)27-16-10-23(32)11-17-27/h8-18,21,29H,5-7,19-20H2,1-4H3,(H,35,39)/t21-,29-/m0/s1. The van der Waals surface area contributed by atoms with Crippen molar-refractivity contribution in [2.45, 2.75) is 64.1 Å². The normalized spacial score (nSPS) is 12.7. The van der Waals surface area contributed by atoms with Crippen LogP contribution in [-0.4, -0.2) is 50.4 Å². The van der Waals surface area contributed by atoms with Crippen molar-refractivity contribution in [3.05, 3.63) is 87.4 Å². The SMILES string of the molecule is CCOc1ccc(N(CC(=O)N(Cc2ccc(Cl)cc2Cl)[C@@H](CC)C(=O)N[C@@H](C)CC)S(=O)(=O)c2ccc(Cl)cc2)cc1. The van der Waals surface area contributed by atoms with E-state index in [4.69, 9.17) is 39.5 Å². The fourth-order valence-electron chi connectivity index (χ4n) is 4.33. The summed E-state index contributed by atoms with van der Waals surface area (Å²) in [6, 6.07) is 15.9. The fourth-order valence-corrected chi connectivity index (χ4v) is 6.34. The Labute approximate surface area is 268 Å². The Balaban J connectivity index is 2.08. The van der Waals surface area contributed by atoms with E-state index in [0.29, 0.717) is 39.4 Å². The highest BCUT2D eigenvalue weighted by molar-refractivity contribution is 7.92. The third-order valence-corrected chi connectivity index (χ3v) is 9.49. The van der Waals surface area contributed by atoms with Crippen LogP contribution >= 0.6 is 34.8 Å².